The summed E-state index contributed by atoms with van der Waals surface area (Å²) in [4.78, 5) is 25.1. The number of rotatable bonds is 2. The Morgan fingerprint density at radius 2 is 2.00 bits per heavy atom. The number of ether oxygens (including phenoxy) is 1. The Morgan fingerprint density at radius 1 is 1.27 bits per heavy atom. The second kappa shape index (κ2) is 5.63. The van der Waals surface area contributed by atoms with Crippen LogP contribution in [-0.2, 0) is 0 Å². The predicted molar refractivity (Wildman–Crippen MR) is 84.6 cm³/mol. The number of amides is 1. The minimum Gasteiger partial charge on any atom is -0.471 e. The fourth-order valence-corrected chi connectivity index (χ4v) is 2.52. The standard InChI is InChI=1S/C16H18N4O2/c1-11-10-20(13-7-5-9-18-15(13)22-11)16(21)12-6-4-8-17-14(12)19(2)3/h4-9,11H,10H2,1-3H3/t11-/m1/s1. The molecule has 114 valence electrons. The van der Waals surface area contributed by atoms with Crippen molar-refractivity contribution < 1.29 is 9.53 Å². The lowest BCUT2D eigenvalue weighted by molar-refractivity contribution is 0.0959. The number of pyridine rings is 2. The lowest BCUT2D eigenvalue weighted by Gasteiger charge is -2.33. The number of nitrogens with zero attached hydrogens (tertiary/aromatic N) is 4. The quantitative estimate of drug-likeness (QED) is 0.848. The molecular weight excluding hydrogens is 280 g/mol. The van der Waals surface area contributed by atoms with Gasteiger partial charge < -0.3 is 9.64 Å². The first-order valence-electron chi connectivity index (χ1n) is 7.14. The summed E-state index contributed by atoms with van der Waals surface area (Å²) in [6.45, 7) is 2.41. The van der Waals surface area contributed by atoms with Crippen LogP contribution in [0.4, 0.5) is 11.5 Å². The van der Waals surface area contributed by atoms with Crippen molar-refractivity contribution in [2.24, 2.45) is 0 Å². The lowest BCUT2D eigenvalue weighted by atomic mass is 10.1. The predicted octanol–water partition coefficient (Wildman–Crippen LogP) is 1.97. The Balaban J connectivity index is 2.03. The van der Waals surface area contributed by atoms with E-state index in [-0.39, 0.29) is 12.0 Å². The second-order valence-electron chi connectivity index (χ2n) is 5.44. The summed E-state index contributed by atoms with van der Waals surface area (Å²) >= 11 is 0. The number of fused-ring (bicyclic) bond motifs is 1. The van der Waals surface area contributed by atoms with Gasteiger partial charge in [0.2, 0.25) is 5.88 Å². The van der Waals surface area contributed by atoms with E-state index >= 15 is 0 Å². The van der Waals surface area contributed by atoms with Gasteiger partial charge >= 0.3 is 0 Å². The number of hydrogen-bond acceptors (Lipinski definition) is 5. The van der Waals surface area contributed by atoms with Crippen molar-refractivity contribution in [3.05, 3.63) is 42.2 Å². The van der Waals surface area contributed by atoms with Crippen molar-refractivity contribution in [2.45, 2.75) is 13.0 Å². The summed E-state index contributed by atoms with van der Waals surface area (Å²) in [5, 5.41) is 0. The Hall–Kier alpha value is -2.63. The fraction of sp³-hybridized carbons (Fsp3) is 0.312. The maximum atomic E-state index is 13.0. The molecule has 2 aromatic rings. The minimum atomic E-state index is -0.106. The molecule has 0 N–H and O–H groups in total. The lowest BCUT2D eigenvalue weighted by Crippen LogP contribution is -2.43. The van der Waals surface area contributed by atoms with Gasteiger partial charge in [-0.15, -0.1) is 0 Å². The molecule has 22 heavy (non-hydrogen) atoms. The van der Waals surface area contributed by atoms with Crippen LogP contribution in [0.25, 0.3) is 0 Å². The molecule has 0 radical (unpaired) electrons. The van der Waals surface area contributed by atoms with Gasteiger partial charge in [0.1, 0.15) is 17.6 Å². The molecule has 6 nitrogen and oxygen atoms in total. The maximum absolute atomic E-state index is 13.0. The van der Waals surface area contributed by atoms with E-state index in [1.165, 1.54) is 0 Å². The summed E-state index contributed by atoms with van der Waals surface area (Å²) in [6, 6.07) is 7.21. The molecule has 3 rings (SSSR count). The van der Waals surface area contributed by atoms with Gasteiger partial charge in [-0.3, -0.25) is 9.69 Å². The number of hydrogen-bond donors (Lipinski definition) is 0. The van der Waals surface area contributed by atoms with Crippen molar-refractivity contribution in [1.29, 1.82) is 0 Å². The van der Waals surface area contributed by atoms with Gasteiger partial charge in [-0.1, -0.05) is 0 Å². The smallest absolute Gasteiger partial charge is 0.262 e. The molecule has 1 aliphatic heterocycles. The van der Waals surface area contributed by atoms with Gasteiger partial charge in [-0.05, 0) is 31.2 Å². The first-order valence-corrected chi connectivity index (χ1v) is 7.14. The zero-order chi connectivity index (χ0) is 15.7. The third kappa shape index (κ3) is 2.47. The van der Waals surface area contributed by atoms with Gasteiger partial charge in [-0.2, -0.15) is 0 Å². The number of anilines is 2. The van der Waals surface area contributed by atoms with Gasteiger partial charge in [-0.25, -0.2) is 9.97 Å². The Kier molecular flexibility index (Phi) is 3.66. The molecular formula is C16H18N4O2. The Labute approximate surface area is 129 Å². The molecule has 1 amide bonds. The van der Waals surface area contributed by atoms with Crippen molar-refractivity contribution in [3.63, 3.8) is 0 Å². The zero-order valence-corrected chi connectivity index (χ0v) is 12.9. The molecule has 0 fully saturated rings. The van der Waals surface area contributed by atoms with Crippen LogP contribution in [0.1, 0.15) is 17.3 Å². The van der Waals surface area contributed by atoms with Crippen molar-refractivity contribution in [3.8, 4) is 5.88 Å². The molecule has 1 atom stereocenters. The van der Waals surface area contributed by atoms with Gasteiger partial charge in [0, 0.05) is 26.5 Å². The van der Waals surface area contributed by atoms with Crippen LogP contribution < -0.4 is 14.5 Å². The van der Waals surface area contributed by atoms with Crippen LogP contribution in [-0.4, -0.2) is 42.6 Å². The first kappa shape index (κ1) is 14.3. The van der Waals surface area contributed by atoms with Gasteiger partial charge in [0.15, 0.2) is 0 Å². The zero-order valence-electron chi connectivity index (χ0n) is 12.9. The van der Waals surface area contributed by atoms with E-state index in [1.807, 2.05) is 32.0 Å². The Bertz CT molecular complexity index is 702. The number of aromatic nitrogens is 2. The van der Waals surface area contributed by atoms with Gasteiger partial charge in [0.25, 0.3) is 5.91 Å². The molecule has 0 aromatic carbocycles. The van der Waals surface area contributed by atoms with E-state index < -0.39 is 0 Å². The van der Waals surface area contributed by atoms with Crippen molar-refractivity contribution in [2.75, 3.05) is 30.4 Å². The van der Waals surface area contributed by atoms with E-state index in [4.69, 9.17) is 4.74 Å². The average molecular weight is 298 g/mol. The molecule has 0 unspecified atom stereocenters. The summed E-state index contributed by atoms with van der Waals surface area (Å²) in [5.41, 5.74) is 1.26. The number of carbonyl (C=O) groups excluding carboxylic acids is 1. The topological polar surface area (TPSA) is 58.6 Å². The van der Waals surface area contributed by atoms with Crippen LogP contribution in [0.3, 0.4) is 0 Å². The molecule has 0 saturated carbocycles. The molecule has 0 spiro atoms. The van der Waals surface area contributed by atoms with Crippen molar-refractivity contribution >= 4 is 17.4 Å². The highest BCUT2D eigenvalue weighted by atomic mass is 16.5. The molecule has 3 heterocycles. The van der Waals surface area contributed by atoms with Crippen LogP contribution in [0, 0.1) is 0 Å². The van der Waals surface area contributed by atoms with Crippen LogP contribution in [0.5, 0.6) is 5.88 Å². The van der Waals surface area contributed by atoms with E-state index in [9.17, 15) is 4.79 Å². The SMILES string of the molecule is C[C@@H]1CN(C(=O)c2cccnc2N(C)C)c2cccnc2O1. The highest BCUT2D eigenvalue weighted by Crippen LogP contribution is 2.32. The third-order valence-electron chi connectivity index (χ3n) is 3.48. The normalized spacial score (nSPS) is 16.7. The summed E-state index contributed by atoms with van der Waals surface area (Å²) < 4.78 is 5.69. The monoisotopic (exact) mass is 298 g/mol. The summed E-state index contributed by atoms with van der Waals surface area (Å²) in [5.74, 6) is 1.04. The molecule has 2 aromatic heterocycles. The minimum absolute atomic E-state index is 0.0961. The average Bonchev–Trinajstić information content (AvgIpc) is 2.53. The third-order valence-corrected chi connectivity index (χ3v) is 3.48. The molecule has 0 aliphatic carbocycles. The summed E-state index contributed by atoms with van der Waals surface area (Å²) in [7, 11) is 3.74. The molecule has 6 heteroatoms. The molecule has 1 aliphatic rings. The van der Waals surface area contributed by atoms with E-state index in [1.54, 1.807) is 35.5 Å². The Morgan fingerprint density at radius 3 is 2.77 bits per heavy atom. The van der Waals surface area contributed by atoms with E-state index in [2.05, 4.69) is 9.97 Å². The first-order chi connectivity index (χ1) is 10.6. The van der Waals surface area contributed by atoms with Gasteiger partial charge in [0.05, 0.1) is 12.1 Å². The summed E-state index contributed by atoms with van der Waals surface area (Å²) in [6.07, 6.45) is 3.24. The van der Waals surface area contributed by atoms with Crippen LogP contribution in [0.15, 0.2) is 36.7 Å². The highest BCUT2D eigenvalue weighted by Gasteiger charge is 2.30. The maximum Gasteiger partial charge on any atom is 0.262 e. The van der Waals surface area contributed by atoms with E-state index in [0.717, 1.165) is 0 Å². The molecule has 0 saturated heterocycles. The van der Waals surface area contributed by atoms with E-state index in [0.29, 0.717) is 29.5 Å². The van der Waals surface area contributed by atoms with Crippen LogP contribution in [0.2, 0.25) is 0 Å². The highest BCUT2D eigenvalue weighted by molar-refractivity contribution is 6.09. The second-order valence-corrected chi connectivity index (χ2v) is 5.44. The fourth-order valence-electron chi connectivity index (χ4n) is 2.52. The largest absolute Gasteiger partial charge is 0.471 e. The van der Waals surface area contributed by atoms with Crippen molar-refractivity contribution in [1.82, 2.24) is 9.97 Å². The molecule has 0 bridgehead atoms. The number of carbonyl (C=O) groups is 1. The van der Waals surface area contributed by atoms with Crippen LogP contribution >= 0.6 is 0 Å².